The van der Waals surface area contributed by atoms with Crippen LogP contribution in [0.2, 0.25) is 0 Å². The second kappa shape index (κ2) is 10.5. The minimum absolute atomic E-state index is 0.0799. The van der Waals surface area contributed by atoms with Gasteiger partial charge in [0.1, 0.15) is 0 Å². The molecule has 1 aliphatic rings. The first-order valence-corrected chi connectivity index (χ1v) is 10.4. The SMILES string of the molecule is COc1cc(C(=O)CCN2CCN(Cc3ccc(C)cc3)CC2)cc(OC)c1OC. The molecular weight excluding hydrogens is 380 g/mol. The zero-order chi connectivity index (χ0) is 21.5. The Bertz CT molecular complexity index is 818. The van der Waals surface area contributed by atoms with Gasteiger partial charge < -0.3 is 19.1 Å². The number of methoxy groups -OCH3 is 3. The lowest BCUT2D eigenvalue weighted by atomic mass is 10.1. The third kappa shape index (κ3) is 5.52. The molecule has 0 saturated carbocycles. The molecule has 0 amide bonds. The molecule has 2 aromatic rings. The summed E-state index contributed by atoms with van der Waals surface area (Å²) in [6.07, 6.45) is 0.469. The molecule has 1 heterocycles. The number of Topliss-reactive ketones (excluding diaryl/α,β-unsaturated/α-hetero) is 1. The molecule has 0 unspecified atom stereocenters. The first-order chi connectivity index (χ1) is 14.5. The van der Waals surface area contributed by atoms with E-state index in [1.54, 1.807) is 33.5 Å². The molecule has 0 radical (unpaired) electrons. The topological polar surface area (TPSA) is 51.2 Å². The normalized spacial score (nSPS) is 15.1. The number of rotatable bonds is 9. The number of carbonyl (C=O) groups excluding carboxylic acids is 1. The minimum atomic E-state index is 0.0799. The molecule has 6 heteroatoms. The highest BCUT2D eigenvalue weighted by molar-refractivity contribution is 5.97. The average molecular weight is 413 g/mol. The van der Waals surface area contributed by atoms with E-state index in [1.165, 1.54) is 11.1 Å². The molecule has 0 bridgehead atoms. The summed E-state index contributed by atoms with van der Waals surface area (Å²) in [5.41, 5.74) is 3.23. The van der Waals surface area contributed by atoms with Gasteiger partial charge in [0.05, 0.1) is 21.3 Å². The molecule has 1 aliphatic heterocycles. The van der Waals surface area contributed by atoms with Crippen molar-refractivity contribution in [2.45, 2.75) is 19.9 Å². The van der Waals surface area contributed by atoms with Crippen molar-refractivity contribution < 1.29 is 19.0 Å². The predicted octanol–water partition coefficient (Wildman–Crippen LogP) is 3.41. The van der Waals surface area contributed by atoms with Crippen molar-refractivity contribution in [2.75, 3.05) is 54.1 Å². The Balaban J connectivity index is 1.50. The number of hydrogen-bond donors (Lipinski definition) is 0. The van der Waals surface area contributed by atoms with Crippen LogP contribution in [0.5, 0.6) is 17.2 Å². The lowest BCUT2D eigenvalue weighted by molar-refractivity contribution is 0.0922. The van der Waals surface area contributed by atoms with Crippen molar-refractivity contribution in [2.24, 2.45) is 0 Å². The number of ketones is 1. The van der Waals surface area contributed by atoms with Crippen LogP contribution in [0.3, 0.4) is 0 Å². The summed E-state index contributed by atoms with van der Waals surface area (Å²) in [7, 11) is 4.67. The van der Waals surface area contributed by atoms with Crippen molar-refractivity contribution in [1.82, 2.24) is 9.80 Å². The van der Waals surface area contributed by atoms with Gasteiger partial charge in [-0.3, -0.25) is 9.69 Å². The second-order valence-corrected chi connectivity index (χ2v) is 7.69. The van der Waals surface area contributed by atoms with E-state index in [0.717, 1.165) is 39.3 Å². The Kier molecular flexibility index (Phi) is 7.71. The van der Waals surface area contributed by atoms with Crippen LogP contribution in [0.15, 0.2) is 36.4 Å². The van der Waals surface area contributed by atoms with E-state index in [4.69, 9.17) is 14.2 Å². The standard InChI is InChI=1S/C24H32N2O4/c1-18-5-7-19(8-6-18)17-26-13-11-25(12-14-26)10-9-21(27)20-15-22(28-2)24(30-4)23(16-20)29-3/h5-8,15-16H,9-14,17H2,1-4H3. The van der Waals surface area contributed by atoms with Gasteiger partial charge in [-0.1, -0.05) is 29.8 Å². The molecule has 0 aliphatic carbocycles. The molecule has 30 heavy (non-hydrogen) atoms. The first-order valence-electron chi connectivity index (χ1n) is 10.4. The zero-order valence-electron chi connectivity index (χ0n) is 18.4. The van der Waals surface area contributed by atoms with E-state index in [1.807, 2.05) is 0 Å². The number of aryl methyl sites for hydroxylation is 1. The van der Waals surface area contributed by atoms with Gasteiger partial charge >= 0.3 is 0 Å². The largest absolute Gasteiger partial charge is 0.493 e. The number of benzene rings is 2. The summed E-state index contributed by atoms with van der Waals surface area (Å²) < 4.78 is 16.0. The zero-order valence-corrected chi connectivity index (χ0v) is 18.4. The lowest BCUT2D eigenvalue weighted by Gasteiger charge is -2.34. The summed E-state index contributed by atoms with van der Waals surface area (Å²) in [4.78, 5) is 17.6. The van der Waals surface area contributed by atoms with Crippen LogP contribution in [-0.2, 0) is 6.54 Å². The highest BCUT2D eigenvalue weighted by atomic mass is 16.5. The van der Waals surface area contributed by atoms with Gasteiger partial charge in [0.2, 0.25) is 5.75 Å². The fourth-order valence-electron chi connectivity index (χ4n) is 3.77. The summed E-state index contributed by atoms with van der Waals surface area (Å²) in [6, 6.07) is 12.2. The summed E-state index contributed by atoms with van der Waals surface area (Å²) in [5, 5.41) is 0. The number of ether oxygens (including phenoxy) is 3. The number of piperazine rings is 1. The highest BCUT2D eigenvalue weighted by Crippen LogP contribution is 2.38. The molecule has 1 saturated heterocycles. The van der Waals surface area contributed by atoms with Crippen LogP contribution in [-0.4, -0.2) is 69.6 Å². The highest BCUT2D eigenvalue weighted by Gasteiger charge is 2.20. The Morgan fingerprint density at radius 2 is 1.43 bits per heavy atom. The Labute approximate surface area is 179 Å². The monoisotopic (exact) mass is 412 g/mol. The molecular formula is C24H32N2O4. The van der Waals surface area contributed by atoms with Crippen molar-refractivity contribution in [1.29, 1.82) is 0 Å². The molecule has 162 valence electrons. The van der Waals surface area contributed by atoms with Crippen molar-refractivity contribution in [3.8, 4) is 17.2 Å². The van der Waals surface area contributed by atoms with Crippen LogP contribution in [0, 0.1) is 6.92 Å². The molecule has 0 atom stereocenters. The van der Waals surface area contributed by atoms with Gasteiger partial charge in [-0.2, -0.15) is 0 Å². The van der Waals surface area contributed by atoms with E-state index in [0.29, 0.717) is 29.2 Å². The Morgan fingerprint density at radius 3 is 1.97 bits per heavy atom. The van der Waals surface area contributed by atoms with Crippen LogP contribution in [0.1, 0.15) is 27.9 Å². The van der Waals surface area contributed by atoms with Gasteiger partial charge in [-0.25, -0.2) is 0 Å². The smallest absolute Gasteiger partial charge is 0.203 e. The summed E-state index contributed by atoms with van der Waals surface area (Å²) in [5.74, 6) is 1.59. The molecule has 1 fully saturated rings. The van der Waals surface area contributed by atoms with Gasteiger partial charge in [-0.05, 0) is 24.6 Å². The molecule has 0 aromatic heterocycles. The third-order valence-corrected chi connectivity index (χ3v) is 5.63. The average Bonchev–Trinajstić information content (AvgIpc) is 2.78. The fraction of sp³-hybridized carbons (Fsp3) is 0.458. The minimum Gasteiger partial charge on any atom is -0.493 e. The van der Waals surface area contributed by atoms with Gasteiger partial charge in [0, 0.05) is 51.3 Å². The second-order valence-electron chi connectivity index (χ2n) is 7.69. The molecule has 0 spiro atoms. The molecule has 6 nitrogen and oxygen atoms in total. The Hall–Kier alpha value is -2.57. The molecule has 0 N–H and O–H groups in total. The number of hydrogen-bond acceptors (Lipinski definition) is 6. The van der Waals surface area contributed by atoms with E-state index >= 15 is 0 Å². The van der Waals surface area contributed by atoms with E-state index in [2.05, 4.69) is 41.0 Å². The van der Waals surface area contributed by atoms with Gasteiger partial charge in [-0.15, -0.1) is 0 Å². The Morgan fingerprint density at radius 1 is 0.867 bits per heavy atom. The molecule has 3 rings (SSSR count). The quantitative estimate of drug-likeness (QED) is 0.589. The van der Waals surface area contributed by atoms with Crippen LogP contribution in [0.25, 0.3) is 0 Å². The van der Waals surface area contributed by atoms with Crippen LogP contribution >= 0.6 is 0 Å². The maximum atomic E-state index is 12.8. The van der Waals surface area contributed by atoms with Crippen LogP contribution < -0.4 is 14.2 Å². The summed E-state index contributed by atoms with van der Waals surface area (Å²) in [6.45, 7) is 7.86. The van der Waals surface area contributed by atoms with E-state index in [9.17, 15) is 4.79 Å². The van der Waals surface area contributed by atoms with Gasteiger partial charge in [0.25, 0.3) is 0 Å². The lowest BCUT2D eigenvalue weighted by Crippen LogP contribution is -2.46. The summed E-state index contributed by atoms with van der Waals surface area (Å²) >= 11 is 0. The van der Waals surface area contributed by atoms with Crippen LogP contribution in [0.4, 0.5) is 0 Å². The van der Waals surface area contributed by atoms with Crippen molar-refractivity contribution in [3.05, 3.63) is 53.1 Å². The number of carbonyl (C=O) groups is 1. The maximum Gasteiger partial charge on any atom is 0.203 e. The maximum absolute atomic E-state index is 12.8. The van der Waals surface area contributed by atoms with E-state index in [-0.39, 0.29) is 5.78 Å². The number of nitrogens with zero attached hydrogens (tertiary/aromatic N) is 2. The van der Waals surface area contributed by atoms with Crippen molar-refractivity contribution >= 4 is 5.78 Å². The third-order valence-electron chi connectivity index (χ3n) is 5.63. The predicted molar refractivity (Wildman–Crippen MR) is 118 cm³/mol. The van der Waals surface area contributed by atoms with Gasteiger partial charge in [0.15, 0.2) is 17.3 Å². The fourth-order valence-corrected chi connectivity index (χ4v) is 3.77. The van der Waals surface area contributed by atoms with Crippen molar-refractivity contribution in [3.63, 3.8) is 0 Å². The van der Waals surface area contributed by atoms with E-state index < -0.39 is 0 Å². The first kappa shape index (κ1) is 22.1. The molecule has 2 aromatic carbocycles.